The van der Waals surface area contributed by atoms with Gasteiger partial charge in [0.05, 0.1) is 13.2 Å². The van der Waals surface area contributed by atoms with Crippen molar-refractivity contribution in [2.24, 2.45) is 0 Å². The zero-order valence-corrected chi connectivity index (χ0v) is 15.9. The average Bonchev–Trinajstić information content (AvgIpc) is 2.95. The first-order valence-electron chi connectivity index (χ1n) is 9.31. The maximum atomic E-state index is 12.1. The van der Waals surface area contributed by atoms with Gasteiger partial charge in [-0.15, -0.1) is 0 Å². The molecule has 0 N–H and O–H groups in total. The monoisotopic (exact) mass is 388 g/mol. The Labute approximate surface area is 163 Å². The average molecular weight is 388 g/mol. The highest BCUT2D eigenvalue weighted by Gasteiger charge is 2.22. The van der Waals surface area contributed by atoms with Crippen LogP contribution in [0.4, 0.5) is 0 Å². The van der Waals surface area contributed by atoms with E-state index in [1.807, 2.05) is 6.07 Å². The number of carbonyl (C=O) groups excluding carboxylic acids is 3. The lowest BCUT2D eigenvalue weighted by Gasteiger charge is -2.34. The first kappa shape index (κ1) is 19.7. The van der Waals surface area contributed by atoms with E-state index in [0.717, 1.165) is 12.0 Å². The summed E-state index contributed by atoms with van der Waals surface area (Å²) < 4.78 is 16.2. The second-order valence-electron chi connectivity index (χ2n) is 6.58. The van der Waals surface area contributed by atoms with Crippen LogP contribution in [-0.4, -0.2) is 73.6 Å². The van der Waals surface area contributed by atoms with E-state index < -0.39 is 5.97 Å². The molecule has 2 heterocycles. The second-order valence-corrected chi connectivity index (χ2v) is 6.58. The molecule has 2 aliphatic rings. The third-order valence-corrected chi connectivity index (χ3v) is 4.60. The molecule has 0 radical (unpaired) electrons. The van der Waals surface area contributed by atoms with Gasteiger partial charge in [-0.2, -0.15) is 0 Å². The molecular weight excluding hydrogens is 364 g/mol. The zero-order chi connectivity index (χ0) is 19.9. The summed E-state index contributed by atoms with van der Waals surface area (Å²) in [7, 11) is 0. The molecule has 8 nitrogen and oxygen atoms in total. The Morgan fingerprint density at radius 1 is 1.04 bits per heavy atom. The Balaban J connectivity index is 1.46. The van der Waals surface area contributed by atoms with Crippen LogP contribution in [0.1, 0.15) is 18.9 Å². The van der Waals surface area contributed by atoms with Crippen molar-refractivity contribution in [2.75, 3.05) is 46.0 Å². The molecule has 1 aromatic carbocycles. The number of amides is 2. The third-order valence-electron chi connectivity index (χ3n) is 4.60. The number of rotatable bonds is 4. The molecule has 28 heavy (non-hydrogen) atoms. The molecule has 0 aliphatic carbocycles. The van der Waals surface area contributed by atoms with Gasteiger partial charge < -0.3 is 24.0 Å². The van der Waals surface area contributed by atoms with Crippen LogP contribution in [0, 0.1) is 0 Å². The fourth-order valence-electron chi connectivity index (χ4n) is 2.99. The van der Waals surface area contributed by atoms with Gasteiger partial charge in [0, 0.05) is 45.6 Å². The molecule has 0 unspecified atom stereocenters. The smallest absolute Gasteiger partial charge is 0.331 e. The molecule has 8 heteroatoms. The van der Waals surface area contributed by atoms with E-state index in [0.29, 0.717) is 50.9 Å². The molecule has 0 bridgehead atoms. The van der Waals surface area contributed by atoms with Crippen molar-refractivity contribution in [3.8, 4) is 11.5 Å². The van der Waals surface area contributed by atoms with E-state index >= 15 is 0 Å². The SMILES string of the molecule is CC(=O)N1CCN(C(=O)COC(=O)/C=C/c2ccc3c(c2)OCCCO3)CC1. The van der Waals surface area contributed by atoms with E-state index in [1.165, 1.54) is 13.0 Å². The van der Waals surface area contributed by atoms with Crippen LogP contribution in [0.2, 0.25) is 0 Å². The maximum Gasteiger partial charge on any atom is 0.331 e. The van der Waals surface area contributed by atoms with Crippen LogP contribution in [0.15, 0.2) is 24.3 Å². The normalized spacial score (nSPS) is 16.6. The lowest BCUT2D eigenvalue weighted by atomic mass is 10.2. The quantitative estimate of drug-likeness (QED) is 0.567. The highest BCUT2D eigenvalue weighted by molar-refractivity contribution is 5.89. The summed E-state index contributed by atoms with van der Waals surface area (Å²) in [4.78, 5) is 38.6. The van der Waals surface area contributed by atoms with E-state index in [-0.39, 0.29) is 18.4 Å². The van der Waals surface area contributed by atoms with Crippen LogP contribution in [-0.2, 0) is 19.1 Å². The van der Waals surface area contributed by atoms with E-state index in [9.17, 15) is 14.4 Å². The summed E-state index contributed by atoms with van der Waals surface area (Å²) in [6, 6.07) is 5.41. The van der Waals surface area contributed by atoms with Gasteiger partial charge in [-0.1, -0.05) is 6.07 Å². The first-order valence-corrected chi connectivity index (χ1v) is 9.31. The van der Waals surface area contributed by atoms with Gasteiger partial charge in [-0.05, 0) is 23.8 Å². The van der Waals surface area contributed by atoms with Gasteiger partial charge in [0.25, 0.3) is 5.91 Å². The molecule has 1 saturated heterocycles. The van der Waals surface area contributed by atoms with Gasteiger partial charge in [0.15, 0.2) is 18.1 Å². The molecule has 0 spiro atoms. The Morgan fingerprint density at radius 2 is 1.71 bits per heavy atom. The van der Waals surface area contributed by atoms with Crippen molar-refractivity contribution in [1.29, 1.82) is 0 Å². The van der Waals surface area contributed by atoms with Gasteiger partial charge in [-0.25, -0.2) is 4.79 Å². The summed E-state index contributed by atoms with van der Waals surface area (Å²) in [6.45, 7) is 4.29. The number of nitrogens with zero attached hydrogens (tertiary/aromatic N) is 2. The number of carbonyl (C=O) groups is 3. The minimum Gasteiger partial charge on any atom is -0.490 e. The number of hydrogen-bond acceptors (Lipinski definition) is 6. The Bertz CT molecular complexity index is 768. The van der Waals surface area contributed by atoms with Crippen LogP contribution < -0.4 is 9.47 Å². The first-order chi connectivity index (χ1) is 13.5. The number of piperazine rings is 1. The van der Waals surface area contributed by atoms with E-state index in [1.54, 1.807) is 28.0 Å². The third kappa shape index (κ3) is 5.25. The van der Waals surface area contributed by atoms with Crippen LogP contribution in [0.3, 0.4) is 0 Å². The number of benzene rings is 1. The highest BCUT2D eigenvalue weighted by atomic mass is 16.5. The summed E-state index contributed by atoms with van der Waals surface area (Å²) in [5.74, 6) is 0.474. The number of hydrogen-bond donors (Lipinski definition) is 0. The van der Waals surface area contributed by atoms with Crippen molar-refractivity contribution in [3.63, 3.8) is 0 Å². The van der Waals surface area contributed by atoms with Crippen LogP contribution in [0.5, 0.6) is 11.5 Å². The standard InChI is InChI=1S/C20H24N2O6/c1-15(23)21-7-9-22(10-8-21)19(24)14-28-20(25)6-4-16-3-5-17-18(13-16)27-12-2-11-26-17/h3-6,13H,2,7-12,14H2,1H3/b6-4+. The molecule has 3 rings (SSSR count). The number of esters is 1. The summed E-state index contributed by atoms with van der Waals surface area (Å²) >= 11 is 0. The fraction of sp³-hybridized carbons (Fsp3) is 0.450. The molecule has 0 aromatic heterocycles. The minimum absolute atomic E-state index is 0.00146. The lowest BCUT2D eigenvalue weighted by molar-refractivity contribution is -0.149. The van der Waals surface area contributed by atoms with Crippen LogP contribution in [0.25, 0.3) is 6.08 Å². The van der Waals surface area contributed by atoms with Crippen molar-refractivity contribution >= 4 is 23.9 Å². The predicted octanol–water partition coefficient (Wildman–Crippen LogP) is 1.09. The fourth-order valence-corrected chi connectivity index (χ4v) is 2.99. The molecular formula is C20H24N2O6. The molecule has 2 aliphatic heterocycles. The number of fused-ring (bicyclic) bond motifs is 1. The van der Waals surface area contributed by atoms with Crippen molar-refractivity contribution < 1.29 is 28.6 Å². The second kappa shape index (κ2) is 9.25. The largest absolute Gasteiger partial charge is 0.490 e. The van der Waals surface area contributed by atoms with Crippen molar-refractivity contribution in [1.82, 2.24) is 9.80 Å². The molecule has 1 fully saturated rings. The Morgan fingerprint density at radius 3 is 2.43 bits per heavy atom. The minimum atomic E-state index is -0.595. The summed E-state index contributed by atoms with van der Waals surface area (Å²) in [6.07, 6.45) is 3.71. The van der Waals surface area contributed by atoms with Gasteiger partial charge in [0.2, 0.25) is 5.91 Å². The van der Waals surface area contributed by atoms with Gasteiger partial charge in [0.1, 0.15) is 0 Å². The summed E-state index contributed by atoms with van der Waals surface area (Å²) in [5, 5.41) is 0. The molecule has 150 valence electrons. The molecule has 0 atom stereocenters. The predicted molar refractivity (Wildman–Crippen MR) is 101 cm³/mol. The van der Waals surface area contributed by atoms with Gasteiger partial charge >= 0.3 is 5.97 Å². The molecule has 1 aromatic rings. The number of ether oxygens (including phenoxy) is 3. The van der Waals surface area contributed by atoms with Crippen molar-refractivity contribution in [3.05, 3.63) is 29.8 Å². The summed E-state index contributed by atoms with van der Waals surface area (Å²) in [5.41, 5.74) is 0.771. The van der Waals surface area contributed by atoms with E-state index in [2.05, 4.69) is 0 Å². The highest BCUT2D eigenvalue weighted by Crippen LogP contribution is 2.30. The Kier molecular flexibility index (Phi) is 6.52. The van der Waals surface area contributed by atoms with E-state index in [4.69, 9.17) is 14.2 Å². The topological polar surface area (TPSA) is 85.4 Å². The lowest BCUT2D eigenvalue weighted by Crippen LogP contribution is -2.51. The van der Waals surface area contributed by atoms with Gasteiger partial charge in [-0.3, -0.25) is 9.59 Å². The molecule has 2 amide bonds. The zero-order valence-electron chi connectivity index (χ0n) is 15.9. The Hall–Kier alpha value is -3.03. The van der Waals surface area contributed by atoms with Crippen molar-refractivity contribution in [2.45, 2.75) is 13.3 Å². The maximum absolute atomic E-state index is 12.1. The molecule has 0 saturated carbocycles. The van der Waals surface area contributed by atoms with Crippen LogP contribution >= 0.6 is 0 Å².